The van der Waals surface area contributed by atoms with Crippen molar-refractivity contribution >= 4 is 0 Å². The van der Waals surface area contributed by atoms with Gasteiger partial charge in [0, 0.05) is 12.1 Å². The molecule has 2 N–H and O–H groups in total. The van der Waals surface area contributed by atoms with Crippen molar-refractivity contribution in [3.05, 3.63) is 0 Å². The monoisotopic (exact) mass is 222 g/mol. The summed E-state index contributed by atoms with van der Waals surface area (Å²) in [6, 6.07) is 1.37. The lowest BCUT2D eigenvalue weighted by molar-refractivity contribution is 0.00792. The SMILES string of the molecule is CC(N)CCC1CC2C3CCN(CC3)C2C1. The van der Waals surface area contributed by atoms with Gasteiger partial charge in [-0.25, -0.2) is 0 Å². The van der Waals surface area contributed by atoms with Crippen molar-refractivity contribution in [3.8, 4) is 0 Å². The van der Waals surface area contributed by atoms with E-state index in [4.69, 9.17) is 5.73 Å². The standard InChI is InChI=1S/C14H26N2/c1-10(15)2-3-11-8-13-12-4-6-16(7-5-12)14(13)9-11/h10-14H,2-9,15H2,1H3. The zero-order valence-electron chi connectivity index (χ0n) is 10.6. The fourth-order valence-corrected chi connectivity index (χ4v) is 4.49. The number of nitrogens with zero attached hydrogens (tertiary/aromatic N) is 1. The Labute approximate surface area is 99.6 Å². The average Bonchev–Trinajstić information content (AvgIpc) is 2.73. The minimum absolute atomic E-state index is 0.402. The van der Waals surface area contributed by atoms with Crippen LogP contribution in [0.25, 0.3) is 0 Å². The van der Waals surface area contributed by atoms with Crippen molar-refractivity contribution < 1.29 is 0 Å². The molecule has 3 heterocycles. The van der Waals surface area contributed by atoms with Gasteiger partial charge in [-0.3, -0.25) is 0 Å². The third-order valence-electron chi connectivity index (χ3n) is 5.35. The summed E-state index contributed by atoms with van der Waals surface area (Å²) >= 11 is 0. The molecule has 3 saturated heterocycles. The fourth-order valence-electron chi connectivity index (χ4n) is 4.49. The molecule has 2 nitrogen and oxygen atoms in total. The van der Waals surface area contributed by atoms with Crippen LogP contribution >= 0.6 is 0 Å². The number of piperidine rings is 3. The summed E-state index contributed by atoms with van der Waals surface area (Å²) in [5.41, 5.74) is 5.87. The van der Waals surface area contributed by atoms with Gasteiger partial charge in [-0.15, -0.1) is 0 Å². The van der Waals surface area contributed by atoms with E-state index < -0.39 is 0 Å². The predicted molar refractivity (Wildman–Crippen MR) is 67.2 cm³/mol. The Bertz CT molecular complexity index is 223. The highest BCUT2D eigenvalue weighted by atomic mass is 15.2. The van der Waals surface area contributed by atoms with Gasteiger partial charge in [0.1, 0.15) is 0 Å². The summed E-state index contributed by atoms with van der Waals surface area (Å²) < 4.78 is 0. The summed E-state index contributed by atoms with van der Waals surface area (Å²) in [5, 5.41) is 0. The zero-order valence-corrected chi connectivity index (χ0v) is 10.6. The van der Waals surface area contributed by atoms with E-state index in [2.05, 4.69) is 11.8 Å². The number of hydrogen-bond acceptors (Lipinski definition) is 2. The van der Waals surface area contributed by atoms with Crippen LogP contribution in [-0.2, 0) is 0 Å². The molecule has 16 heavy (non-hydrogen) atoms. The first kappa shape index (κ1) is 11.0. The molecule has 0 aromatic heterocycles. The molecule has 3 aliphatic heterocycles. The van der Waals surface area contributed by atoms with Crippen LogP contribution in [0.1, 0.15) is 45.4 Å². The topological polar surface area (TPSA) is 29.3 Å². The van der Waals surface area contributed by atoms with E-state index in [0.717, 1.165) is 23.8 Å². The lowest BCUT2D eigenvalue weighted by Gasteiger charge is -2.48. The maximum Gasteiger partial charge on any atom is 0.0129 e. The molecule has 4 fully saturated rings. The lowest BCUT2D eigenvalue weighted by Crippen LogP contribution is -2.52. The van der Waals surface area contributed by atoms with Gasteiger partial charge in [0.2, 0.25) is 0 Å². The van der Waals surface area contributed by atoms with Crippen LogP contribution < -0.4 is 5.73 Å². The lowest BCUT2D eigenvalue weighted by atomic mass is 9.75. The largest absolute Gasteiger partial charge is 0.328 e. The van der Waals surface area contributed by atoms with E-state index in [1.807, 2.05) is 0 Å². The van der Waals surface area contributed by atoms with Gasteiger partial charge in [-0.1, -0.05) is 0 Å². The maximum atomic E-state index is 5.87. The number of fused-ring (bicyclic) bond motifs is 2. The highest BCUT2D eigenvalue weighted by molar-refractivity contribution is 5.00. The summed E-state index contributed by atoms with van der Waals surface area (Å²) in [7, 11) is 0. The maximum absolute atomic E-state index is 5.87. The van der Waals surface area contributed by atoms with Crippen LogP contribution in [0.5, 0.6) is 0 Å². The van der Waals surface area contributed by atoms with Crippen LogP contribution in [0.3, 0.4) is 0 Å². The van der Waals surface area contributed by atoms with Crippen molar-refractivity contribution in [2.75, 3.05) is 13.1 Å². The summed E-state index contributed by atoms with van der Waals surface area (Å²) in [6.07, 6.45) is 8.58. The molecule has 2 bridgehead atoms. The molecular formula is C14H26N2. The second kappa shape index (κ2) is 4.30. The van der Waals surface area contributed by atoms with Gasteiger partial charge >= 0.3 is 0 Å². The number of nitrogens with two attached hydrogens (primary N) is 1. The first-order valence-corrected chi connectivity index (χ1v) is 7.23. The molecule has 4 aliphatic rings. The Morgan fingerprint density at radius 3 is 2.62 bits per heavy atom. The number of rotatable bonds is 3. The molecule has 1 saturated carbocycles. The number of hydrogen-bond donors (Lipinski definition) is 1. The van der Waals surface area contributed by atoms with Gasteiger partial charge in [0.25, 0.3) is 0 Å². The van der Waals surface area contributed by atoms with Crippen LogP contribution in [0.4, 0.5) is 0 Å². The van der Waals surface area contributed by atoms with Gasteiger partial charge in [-0.2, -0.15) is 0 Å². The first-order chi connectivity index (χ1) is 7.74. The van der Waals surface area contributed by atoms with Crippen LogP contribution in [0, 0.1) is 17.8 Å². The van der Waals surface area contributed by atoms with Crippen LogP contribution in [0.2, 0.25) is 0 Å². The Morgan fingerprint density at radius 1 is 1.25 bits per heavy atom. The van der Waals surface area contributed by atoms with Gasteiger partial charge in [0.15, 0.2) is 0 Å². The van der Waals surface area contributed by atoms with Crippen molar-refractivity contribution in [2.45, 2.75) is 57.5 Å². The second-order valence-corrected chi connectivity index (χ2v) is 6.50. The molecule has 1 aliphatic carbocycles. The normalized spacial score (nSPS) is 48.0. The molecule has 4 atom stereocenters. The minimum Gasteiger partial charge on any atom is -0.328 e. The van der Waals surface area contributed by atoms with E-state index in [9.17, 15) is 0 Å². The Balaban J connectivity index is 1.59. The second-order valence-electron chi connectivity index (χ2n) is 6.50. The highest BCUT2D eigenvalue weighted by Gasteiger charge is 2.47. The molecule has 0 aromatic carbocycles. The molecular weight excluding hydrogens is 196 g/mol. The van der Waals surface area contributed by atoms with Crippen LogP contribution in [-0.4, -0.2) is 30.1 Å². The van der Waals surface area contributed by atoms with E-state index in [1.165, 1.54) is 51.6 Å². The van der Waals surface area contributed by atoms with E-state index in [0.29, 0.717) is 6.04 Å². The third kappa shape index (κ3) is 1.91. The molecule has 0 aromatic rings. The van der Waals surface area contributed by atoms with Gasteiger partial charge in [-0.05, 0) is 76.3 Å². The third-order valence-corrected chi connectivity index (χ3v) is 5.35. The zero-order chi connectivity index (χ0) is 11.1. The minimum atomic E-state index is 0.402. The summed E-state index contributed by atoms with van der Waals surface area (Å²) in [5.74, 6) is 3.12. The summed E-state index contributed by atoms with van der Waals surface area (Å²) in [4.78, 5) is 2.79. The average molecular weight is 222 g/mol. The molecule has 0 radical (unpaired) electrons. The van der Waals surface area contributed by atoms with E-state index in [-0.39, 0.29) is 0 Å². The quantitative estimate of drug-likeness (QED) is 0.793. The van der Waals surface area contributed by atoms with Crippen molar-refractivity contribution in [2.24, 2.45) is 23.5 Å². The van der Waals surface area contributed by atoms with Crippen LogP contribution in [0.15, 0.2) is 0 Å². The van der Waals surface area contributed by atoms with Crippen molar-refractivity contribution in [1.82, 2.24) is 4.90 Å². The predicted octanol–water partition coefficient (Wildman–Crippen LogP) is 2.23. The molecule has 0 spiro atoms. The Morgan fingerprint density at radius 2 is 2.00 bits per heavy atom. The summed E-state index contributed by atoms with van der Waals surface area (Å²) in [6.45, 7) is 4.94. The molecule has 4 rings (SSSR count). The fraction of sp³-hybridized carbons (Fsp3) is 1.00. The Kier molecular flexibility index (Phi) is 2.97. The van der Waals surface area contributed by atoms with E-state index in [1.54, 1.807) is 0 Å². The van der Waals surface area contributed by atoms with E-state index >= 15 is 0 Å². The Hall–Kier alpha value is -0.0800. The molecule has 0 amide bonds. The van der Waals surface area contributed by atoms with Crippen molar-refractivity contribution in [3.63, 3.8) is 0 Å². The molecule has 2 heteroatoms. The highest BCUT2D eigenvalue weighted by Crippen LogP contribution is 2.48. The van der Waals surface area contributed by atoms with Crippen molar-refractivity contribution in [1.29, 1.82) is 0 Å². The first-order valence-electron chi connectivity index (χ1n) is 7.23. The molecule has 92 valence electrons. The smallest absolute Gasteiger partial charge is 0.0129 e. The molecule has 4 unspecified atom stereocenters. The van der Waals surface area contributed by atoms with Gasteiger partial charge in [0.05, 0.1) is 0 Å². The van der Waals surface area contributed by atoms with Gasteiger partial charge < -0.3 is 10.6 Å².